The van der Waals surface area contributed by atoms with Gasteiger partial charge in [-0.15, -0.1) is 0 Å². The van der Waals surface area contributed by atoms with Crippen LogP contribution in [0.2, 0.25) is 0 Å². The van der Waals surface area contributed by atoms with E-state index in [0.717, 1.165) is 32.1 Å². The van der Waals surface area contributed by atoms with E-state index >= 15 is 0 Å². The summed E-state index contributed by atoms with van der Waals surface area (Å²) in [4.78, 5) is 12.6. The molecule has 0 aromatic heterocycles. The predicted molar refractivity (Wildman–Crippen MR) is 89.7 cm³/mol. The Balaban J connectivity index is 1.68. The van der Waals surface area contributed by atoms with Gasteiger partial charge in [0.05, 0.1) is 0 Å². The number of carbonyl (C=O) groups is 1. The third kappa shape index (κ3) is 2.56. The Morgan fingerprint density at radius 3 is 2.82 bits per heavy atom. The first kappa shape index (κ1) is 15.5. The van der Waals surface area contributed by atoms with Crippen molar-refractivity contribution in [3.8, 4) is 0 Å². The van der Waals surface area contributed by atoms with Crippen LogP contribution in [0.1, 0.15) is 57.1 Å². The summed E-state index contributed by atoms with van der Waals surface area (Å²) in [7, 11) is 0. The van der Waals surface area contributed by atoms with Gasteiger partial charge in [0.15, 0.2) is 0 Å². The van der Waals surface area contributed by atoms with Crippen molar-refractivity contribution < 1.29 is 4.79 Å². The Hall–Kier alpha value is -1.35. The first-order chi connectivity index (χ1) is 10.5. The molecule has 0 saturated heterocycles. The highest BCUT2D eigenvalue weighted by Gasteiger charge is 2.60. The fraction of sp³-hybridized carbons (Fsp3) is 0.632. The number of nitrogens with two attached hydrogens (primary N) is 1. The van der Waals surface area contributed by atoms with E-state index in [4.69, 9.17) is 5.73 Å². The Morgan fingerprint density at radius 1 is 1.36 bits per heavy atom. The molecule has 2 aliphatic rings. The minimum absolute atomic E-state index is 0.120. The van der Waals surface area contributed by atoms with Crippen molar-refractivity contribution in [3.63, 3.8) is 0 Å². The molecule has 1 aromatic rings. The first-order valence-electron chi connectivity index (χ1n) is 8.69. The van der Waals surface area contributed by atoms with Crippen LogP contribution in [0.15, 0.2) is 24.3 Å². The molecule has 3 rings (SSSR count). The highest BCUT2D eigenvalue weighted by Crippen LogP contribution is 2.60. The number of carbonyl (C=O) groups excluding carboxylic acids is 1. The smallest absolute Gasteiger partial charge is 0.224 e. The lowest BCUT2D eigenvalue weighted by Crippen LogP contribution is -2.49. The molecule has 1 fully saturated rings. The Labute approximate surface area is 133 Å². The Bertz CT molecular complexity index is 564. The SMILES string of the molecule is CCC(N)(CC)CNC(=O)C1CC12CCCc1ccccc12. The molecule has 1 spiro atoms. The molecule has 2 atom stereocenters. The standard InChI is InChI=1S/C19H28N2O/c1-3-18(20,4-2)13-21-17(22)16-12-19(16)11-7-9-14-8-5-6-10-15(14)19/h5-6,8,10,16H,3-4,7,9,11-13,20H2,1-2H3,(H,21,22). The zero-order valence-electron chi connectivity index (χ0n) is 13.8. The van der Waals surface area contributed by atoms with Gasteiger partial charge in [-0.25, -0.2) is 0 Å². The average Bonchev–Trinajstić information content (AvgIpc) is 3.27. The van der Waals surface area contributed by atoms with Gasteiger partial charge < -0.3 is 11.1 Å². The van der Waals surface area contributed by atoms with Gasteiger partial charge in [-0.2, -0.15) is 0 Å². The van der Waals surface area contributed by atoms with Crippen molar-refractivity contribution >= 4 is 5.91 Å². The highest BCUT2D eigenvalue weighted by atomic mass is 16.2. The van der Waals surface area contributed by atoms with Crippen LogP contribution in [0.3, 0.4) is 0 Å². The number of hydrogen-bond donors (Lipinski definition) is 2. The van der Waals surface area contributed by atoms with Crippen molar-refractivity contribution in [2.45, 2.75) is 63.3 Å². The van der Waals surface area contributed by atoms with Crippen molar-refractivity contribution in [3.05, 3.63) is 35.4 Å². The van der Waals surface area contributed by atoms with Gasteiger partial charge in [-0.1, -0.05) is 38.1 Å². The number of nitrogens with one attached hydrogen (secondary N) is 1. The number of fused-ring (bicyclic) bond motifs is 2. The summed E-state index contributed by atoms with van der Waals surface area (Å²) in [6.45, 7) is 4.77. The van der Waals surface area contributed by atoms with Gasteiger partial charge >= 0.3 is 0 Å². The monoisotopic (exact) mass is 300 g/mol. The summed E-state index contributed by atoms with van der Waals surface area (Å²) >= 11 is 0. The summed E-state index contributed by atoms with van der Waals surface area (Å²) < 4.78 is 0. The Kier molecular flexibility index (Phi) is 4.02. The van der Waals surface area contributed by atoms with Gasteiger partial charge in [0.25, 0.3) is 0 Å². The van der Waals surface area contributed by atoms with Crippen molar-refractivity contribution in [2.75, 3.05) is 6.54 Å². The number of rotatable bonds is 5. The molecule has 1 amide bonds. The minimum Gasteiger partial charge on any atom is -0.354 e. The first-order valence-corrected chi connectivity index (χ1v) is 8.69. The number of benzene rings is 1. The summed E-state index contributed by atoms with van der Waals surface area (Å²) in [5.41, 5.74) is 9.02. The third-order valence-corrected chi connectivity index (χ3v) is 6.04. The lowest BCUT2D eigenvalue weighted by molar-refractivity contribution is -0.123. The van der Waals surface area contributed by atoms with Crippen LogP contribution in [0.25, 0.3) is 0 Å². The van der Waals surface area contributed by atoms with E-state index < -0.39 is 0 Å². The van der Waals surface area contributed by atoms with E-state index in [2.05, 4.69) is 43.4 Å². The quantitative estimate of drug-likeness (QED) is 0.878. The van der Waals surface area contributed by atoms with Crippen LogP contribution in [-0.4, -0.2) is 18.0 Å². The maximum absolute atomic E-state index is 12.6. The van der Waals surface area contributed by atoms with E-state index in [1.54, 1.807) is 0 Å². The number of hydrogen-bond acceptors (Lipinski definition) is 2. The van der Waals surface area contributed by atoms with Gasteiger partial charge in [0.2, 0.25) is 5.91 Å². The molecule has 0 aliphatic heterocycles. The zero-order chi connectivity index (χ0) is 15.8. The maximum atomic E-state index is 12.6. The van der Waals surface area contributed by atoms with Crippen LogP contribution in [-0.2, 0) is 16.6 Å². The molecule has 3 N–H and O–H groups in total. The van der Waals surface area contributed by atoms with Crippen molar-refractivity contribution in [2.24, 2.45) is 11.7 Å². The molecule has 0 radical (unpaired) electrons. The third-order valence-electron chi connectivity index (χ3n) is 6.04. The second-order valence-corrected chi connectivity index (χ2v) is 7.21. The van der Waals surface area contributed by atoms with Crippen LogP contribution in [0, 0.1) is 5.92 Å². The molecule has 3 nitrogen and oxygen atoms in total. The molecular formula is C19H28N2O. The van der Waals surface area contributed by atoms with Crippen LogP contribution >= 0.6 is 0 Å². The molecule has 1 saturated carbocycles. The van der Waals surface area contributed by atoms with E-state index in [1.807, 2.05) is 0 Å². The molecule has 3 heteroatoms. The molecule has 22 heavy (non-hydrogen) atoms. The summed E-state index contributed by atoms with van der Waals surface area (Å²) in [6.07, 6.45) is 6.29. The van der Waals surface area contributed by atoms with Crippen molar-refractivity contribution in [1.29, 1.82) is 0 Å². The van der Waals surface area contributed by atoms with Gasteiger partial charge in [-0.05, 0) is 49.7 Å². The predicted octanol–water partition coefficient (Wildman–Crippen LogP) is 2.91. The summed E-state index contributed by atoms with van der Waals surface area (Å²) in [6, 6.07) is 8.68. The van der Waals surface area contributed by atoms with Crippen LogP contribution in [0.4, 0.5) is 0 Å². The topological polar surface area (TPSA) is 55.1 Å². The number of amides is 1. The fourth-order valence-corrected chi connectivity index (χ4v) is 4.06. The van der Waals surface area contributed by atoms with E-state index in [1.165, 1.54) is 17.5 Å². The molecule has 1 aromatic carbocycles. The van der Waals surface area contributed by atoms with E-state index in [-0.39, 0.29) is 22.8 Å². The fourth-order valence-electron chi connectivity index (χ4n) is 4.06. The summed E-state index contributed by atoms with van der Waals surface area (Å²) in [5, 5.41) is 3.13. The zero-order valence-corrected chi connectivity index (χ0v) is 13.8. The van der Waals surface area contributed by atoms with Gasteiger partial charge in [-0.3, -0.25) is 4.79 Å². The van der Waals surface area contributed by atoms with E-state index in [0.29, 0.717) is 6.54 Å². The van der Waals surface area contributed by atoms with Gasteiger partial charge in [0.1, 0.15) is 0 Å². The number of aryl methyl sites for hydroxylation is 1. The lowest BCUT2D eigenvalue weighted by Gasteiger charge is -2.28. The second kappa shape index (κ2) is 5.69. The van der Waals surface area contributed by atoms with Crippen LogP contribution in [0.5, 0.6) is 0 Å². The second-order valence-electron chi connectivity index (χ2n) is 7.21. The maximum Gasteiger partial charge on any atom is 0.224 e. The molecule has 2 aliphatic carbocycles. The highest BCUT2D eigenvalue weighted by molar-refractivity contribution is 5.84. The Morgan fingerprint density at radius 2 is 2.09 bits per heavy atom. The van der Waals surface area contributed by atoms with E-state index in [9.17, 15) is 4.79 Å². The van der Waals surface area contributed by atoms with Gasteiger partial charge in [0, 0.05) is 23.4 Å². The molecular weight excluding hydrogens is 272 g/mol. The van der Waals surface area contributed by atoms with Crippen LogP contribution < -0.4 is 11.1 Å². The average molecular weight is 300 g/mol. The molecule has 0 heterocycles. The summed E-state index contributed by atoms with van der Waals surface area (Å²) in [5.74, 6) is 0.348. The lowest BCUT2D eigenvalue weighted by atomic mass is 9.78. The normalized spacial score (nSPS) is 26.6. The minimum atomic E-state index is -0.262. The molecule has 120 valence electrons. The molecule has 2 unspecified atom stereocenters. The largest absolute Gasteiger partial charge is 0.354 e. The molecule has 0 bridgehead atoms. The van der Waals surface area contributed by atoms with Crippen molar-refractivity contribution in [1.82, 2.24) is 5.32 Å².